The van der Waals surface area contributed by atoms with Crippen LogP contribution in [-0.4, -0.2) is 49.0 Å². The lowest BCUT2D eigenvalue weighted by molar-refractivity contribution is 0.102. The van der Waals surface area contributed by atoms with E-state index in [0.717, 1.165) is 36.2 Å². The quantitative estimate of drug-likeness (QED) is 0.884. The van der Waals surface area contributed by atoms with Gasteiger partial charge in [-0.2, -0.15) is 0 Å². The van der Waals surface area contributed by atoms with Gasteiger partial charge in [-0.15, -0.1) is 11.3 Å². The van der Waals surface area contributed by atoms with Gasteiger partial charge in [-0.1, -0.05) is 13.8 Å². The van der Waals surface area contributed by atoms with Crippen molar-refractivity contribution in [2.75, 3.05) is 43.4 Å². The van der Waals surface area contributed by atoms with E-state index in [1.807, 2.05) is 0 Å². The van der Waals surface area contributed by atoms with Crippen molar-refractivity contribution in [3.05, 3.63) is 40.2 Å². The second-order valence-corrected chi connectivity index (χ2v) is 8.08. The van der Waals surface area contributed by atoms with E-state index in [1.165, 1.54) is 12.1 Å². The third kappa shape index (κ3) is 4.04. The molecule has 7 heteroatoms. The number of nitrogens with zero attached hydrogens (tertiary/aromatic N) is 3. The number of amides is 1. The van der Waals surface area contributed by atoms with Gasteiger partial charge in [0.1, 0.15) is 11.5 Å². The molecule has 1 saturated heterocycles. The van der Waals surface area contributed by atoms with Gasteiger partial charge in [-0.3, -0.25) is 4.79 Å². The molecular formula is C19H25FN4OS. The number of thiazole rings is 1. The van der Waals surface area contributed by atoms with Crippen LogP contribution >= 0.6 is 11.3 Å². The molecule has 0 unspecified atom stereocenters. The molecule has 1 fully saturated rings. The molecule has 2 heterocycles. The predicted octanol–water partition coefficient (Wildman–Crippen LogP) is 3.72. The number of aryl methyl sites for hydroxylation is 1. The third-order valence-electron chi connectivity index (χ3n) is 4.59. The minimum Gasteiger partial charge on any atom is -0.346 e. The molecule has 1 N–H and O–H groups in total. The smallest absolute Gasteiger partial charge is 0.275 e. The zero-order valence-electron chi connectivity index (χ0n) is 15.7. The van der Waals surface area contributed by atoms with E-state index < -0.39 is 0 Å². The number of hydrogen-bond acceptors (Lipinski definition) is 5. The summed E-state index contributed by atoms with van der Waals surface area (Å²) in [5.74, 6) is -0.335. The maximum absolute atomic E-state index is 13.3. The van der Waals surface area contributed by atoms with Gasteiger partial charge in [0.2, 0.25) is 0 Å². The maximum Gasteiger partial charge on any atom is 0.275 e. The number of halogens is 1. The SMILES string of the molecule is Cc1cc(F)ccc1NC(=O)c1nc(N2CCN(C)CC2)sc1C(C)C. The number of nitrogens with one attached hydrogen (secondary N) is 1. The molecule has 5 nitrogen and oxygen atoms in total. The average molecular weight is 377 g/mol. The monoisotopic (exact) mass is 376 g/mol. The fraction of sp³-hybridized carbons (Fsp3) is 0.474. The summed E-state index contributed by atoms with van der Waals surface area (Å²) in [5, 5.41) is 3.79. The Kier molecular flexibility index (Phi) is 5.58. The van der Waals surface area contributed by atoms with Crippen LogP contribution in [0.15, 0.2) is 18.2 Å². The van der Waals surface area contributed by atoms with Crippen molar-refractivity contribution in [2.24, 2.45) is 0 Å². The molecule has 1 aromatic heterocycles. The predicted molar refractivity (Wildman–Crippen MR) is 105 cm³/mol. The van der Waals surface area contributed by atoms with E-state index >= 15 is 0 Å². The largest absolute Gasteiger partial charge is 0.346 e. The van der Waals surface area contributed by atoms with Crippen LogP contribution in [0.5, 0.6) is 0 Å². The van der Waals surface area contributed by atoms with Crippen LogP contribution in [0, 0.1) is 12.7 Å². The first-order valence-electron chi connectivity index (χ1n) is 8.87. The van der Waals surface area contributed by atoms with Gasteiger partial charge < -0.3 is 15.1 Å². The fourth-order valence-electron chi connectivity index (χ4n) is 2.96. The zero-order chi connectivity index (χ0) is 18.8. The van der Waals surface area contributed by atoms with E-state index in [9.17, 15) is 9.18 Å². The number of likely N-dealkylation sites (N-methyl/N-ethyl adjacent to an activating group) is 1. The third-order valence-corrected chi connectivity index (χ3v) is 6.01. The van der Waals surface area contributed by atoms with Crippen molar-refractivity contribution in [1.82, 2.24) is 9.88 Å². The Morgan fingerprint density at radius 3 is 2.58 bits per heavy atom. The van der Waals surface area contributed by atoms with Crippen LogP contribution in [-0.2, 0) is 0 Å². The van der Waals surface area contributed by atoms with E-state index in [-0.39, 0.29) is 17.6 Å². The van der Waals surface area contributed by atoms with Crippen LogP contribution in [0.25, 0.3) is 0 Å². The summed E-state index contributed by atoms with van der Waals surface area (Å²) in [7, 11) is 2.11. The normalized spacial score (nSPS) is 15.5. The molecule has 0 spiro atoms. The number of carbonyl (C=O) groups is 1. The molecule has 0 saturated carbocycles. The van der Waals surface area contributed by atoms with Crippen molar-refractivity contribution in [3.8, 4) is 0 Å². The van der Waals surface area contributed by atoms with Crippen molar-refractivity contribution < 1.29 is 9.18 Å². The summed E-state index contributed by atoms with van der Waals surface area (Å²) in [6, 6.07) is 4.35. The summed E-state index contributed by atoms with van der Waals surface area (Å²) in [6.45, 7) is 9.74. The summed E-state index contributed by atoms with van der Waals surface area (Å²) in [5.41, 5.74) is 1.78. The molecule has 1 aliphatic heterocycles. The summed E-state index contributed by atoms with van der Waals surface area (Å²) >= 11 is 1.60. The van der Waals surface area contributed by atoms with E-state index in [0.29, 0.717) is 16.9 Å². The Hall–Kier alpha value is -1.99. The molecular weight excluding hydrogens is 351 g/mol. The maximum atomic E-state index is 13.3. The lowest BCUT2D eigenvalue weighted by atomic mass is 10.1. The standard InChI is InChI=1S/C19H25FN4OS/c1-12(2)17-16(18(25)21-15-6-5-14(20)11-13(15)3)22-19(26-17)24-9-7-23(4)8-10-24/h5-6,11-12H,7-10H2,1-4H3,(H,21,25). The molecule has 0 bridgehead atoms. The second kappa shape index (κ2) is 7.72. The highest BCUT2D eigenvalue weighted by atomic mass is 32.1. The highest BCUT2D eigenvalue weighted by molar-refractivity contribution is 7.16. The van der Waals surface area contributed by atoms with Crippen molar-refractivity contribution in [1.29, 1.82) is 0 Å². The van der Waals surface area contributed by atoms with Crippen LogP contribution in [0.2, 0.25) is 0 Å². The fourth-order valence-corrected chi connectivity index (χ4v) is 4.07. The topological polar surface area (TPSA) is 48.5 Å². The molecule has 1 aliphatic rings. The average Bonchev–Trinajstić information content (AvgIpc) is 3.04. The van der Waals surface area contributed by atoms with E-state index in [2.05, 4.69) is 41.0 Å². The number of anilines is 2. The van der Waals surface area contributed by atoms with Crippen LogP contribution in [0.1, 0.15) is 40.7 Å². The molecule has 0 aliphatic carbocycles. The van der Waals surface area contributed by atoms with Gasteiger partial charge in [-0.05, 0) is 43.7 Å². The molecule has 1 amide bonds. The van der Waals surface area contributed by atoms with Crippen LogP contribution in [0.3, 0.4) is 0 Å². The van der Waals surface area contributed by atoms with Gasteiger partial charge >= 0.3 is 0 Å². The van der Waals surface area contributed by atoms with Crippen molar-refractivity contribution >= 4 is 28.1 Å². The highest BCUT2D eigenvalue weighted by Gasteiger charge is 2.25. The van der Waals surface area contributed by atoms with Crippen molar-refractivity contribution in [2.45, 2.75) is 26.7 Å². The van der Waals surface area contributed by atoms with Gasteiger partial charge in [0.25, 0.3) is 5.91 Å². The molecule has 26 heavy (non-hydrogen) atoms. The van der Waals surface area contributed by atoms with Crippen molar-refractivity contribution in [3.63, 3.8) is 0 Å². The minimum absolute atomic E-state index is 0.212. The lowest BCUT2D eigenvalue weighted by Gasteiger charge is -2.32. The summed E-state index contributed by atoms with van der Waals surface area (Å²) in [4.78, 5) is 23.0. The molecule has 0 atom stereocenters. The molecule has 2 aromatic rings. The molecule has 1 aromatic carbocycles. The van der Waals surface area contributed by atoms with E-state index in [1.54, 1.807) is 24.3 Å². The number of rotatable bonds is 4. The lowest BCUT2D eigenvalue weighted by Crippen LogP contribution is -2.44. The Labute approximate surface area is 157 Å². The number of benzene rings is 1. The highest BCUT2D eigenvalue weighted by Crippen LogP contribution is 2.33. The number of piperazine rings is 1. The van der Waals surface area contributed by atoms with Gasteiger partial charge in [0.15, 0.2) is 5.13 Å². The molecule has 0 radical (unpaired) electrons. The Morgan fingerprint density at radius 1 is 1.27 bits per heavy atom. The first-order valence-corrected chi connectivity index (χ1v) is 9.68. The minimum atomic E-state index is -0.311. The summed E-state index contributed by atoms with van der Waals surface area (Å²) in [6.07, 6.45) is 0. The molecule has 3 rings (SSSR count). The van der Waals surface area contributed by atoms with Gasteiger partial charge in [-0.25, -0.2) is 9.37 Å². The number of aromatic nitrogens is 1. The Balaban J connectivity index is 1.84. The second-order valence-electron chi connectivity index (χ2n) is 7.07. The number of hydrogen-bond donors (Lipinski definition) is 1. The van der Waals surface area contributed by atoms with Crippen LogP contribution < -0.4 is 10.2 Å². The Bertz CT molecular complexity index is 797. The first-order chi connectivity index (χ1) is 12.3. The van der Waals surface area contributed by atoms with E-state index in [4.69, 9.17) is 0 Å². The first kappa shape index (κ1) is 18.8. The Morgan fingerprint density at radius 2 is 1.96 bits per heavy atom. The zero-order valence-corrected chi connectivity index (χ0v) is 16.5. The van der Waals surface area contributed by atoms with Crippen LogP contribution in [0.4, 0.5) is 15.2 Å². The van der Waals surface area contributed by atoms with Gasteiger partial charge in [0.05, 0.1) is 0 Å². The molecule has 140 valence electrons. The van der Waals surface area contributed by atoms with Gasteiger partial charge in [0, 0.05) is 36.7 Å². The summed E-state index contributed by atoms with van der Waals surface area (Å²) < 4.78 is 13.3. The number of carbonyl (C=O) groups excluding carboxylic acids is 1.